The summed E-state index contributed by atoms with van der Waals surface area (Å²) in [6, 6.07) is 3.95. The topological polar surface area (TPSA) is 89.3 Å². The first-order valence-corrected chi connectivity index (χ1v) is 8.64. The quantitative estimate of drug-likeness (QED) is 0.891. The molecular weight excluding hydrogens is 312 g/mol. The molecule has 2 rings (SSSR count). The first kappa shape index (κ1) is 16.3. The second kappa shape index (κ2) is 5.59. The van der Waals surface area contributed by atoms with Crippen LogP contribution in [0, 0.1) is 5.41 Å². The molecule has 0 bridgehead atoms. The highest BCUT2D eigenvalue weighted by atomic mass is 35.5. The minimum absolute atomic E-state index is 0.0849. The summed E-state index contributed by atoms with van der Waals surface area (Å²) in [6.07, 6.45) is 2.85. The Morgan fingerprint density at radius 3 is 2.62 bits per heavy atom. The maximum atomic E-state index is 12.3. The van der Waals surface area contributed by atoms with Crippen molar-refractivity contribution in [3.8, 4) is 0 Å². The van der Waals surface area contributed by atoms with Gasteiger partial charge in [-0.3, -0.25) is 4.79 Å². The predicted molar refractivity (Wildman–Crippen MR) is 81.7 cm³/mol. The van der Waals surface area contributed by atoms with E-state index in [1.807, 2.05) is 0 Å². The number of nitrogens with one attached hydrogen (secondary N) is 1. The zero-order valence-electron chi connectivity index (χ0n) is 12.0. The molecule has 1 unspecified atom stereocenters. The Morgan fingerprint density at radius 1 is 1.43 bits per heavy atom. The number of hydrogen-bond acceptors (Lipinski definition) is 3. The molecule has 1 aromatic carbocycles. The third kappa shape index (κ3) is 3.96. The maximum absolute atomic E-state index is 12.3. The van der Waals surface area contributed by atoms with E-state index < -0.39 is 10.0 Å². The molecule has 1 amide bonds. The normalized spacial score (nSPS) is 21.2. The minimum atomic E-state index is -3.86. The van der Waals surface area contributed by atoms with Crippen LogP contribution in [0.3, 0.4) is 0 Å². The monoisotopic (exact) mass is 330 g/mol. The van der Waals surface area contributed by atoms with Crippen molar-refractivity contribution in [1.82, 2.24) is 5.32 Å². The Morgan fingerprint density at radius 2 is 2.10 bits per heavy atom. The molecule has 7 heteroatoms. The number of halogens is 1. The van der Waals surface area contributed by atoms with E-state index in [9.17, 15) is 13.2 Å². The first-order chi connectivity index (χ1) is 9.58. The summed E-state index contributed by atoms with van der Waals surface area (Å²) in [7, 11) is -3.86. The van der Waals surface area contributed by atoms with Crippen LogP contribution in [0.1, 0.15) is 43.5 Å². The Bertz CT molecular complexity index is 671. The maximum Gasteiger partial charge on any atom is 0.253 e. The van der Waals surface area contributed by atoms with Crippen LogP contribution in [0.2, 0.25) is 5.02 Å². The third-order valence-corrected chi connectivity index (χ3v) is 5.06. The van der Waals surface area contributed by atoms with E-state index in [1.54, 1.807) is 0 Å². The summed E-state index contributed by atoms with van der Waals surface area (Å²) in [5, 5.41) is 8.19. The largest absolute Gasteiger partial charge is 0.349 e. The van der Waals surface area contributed by atoms with Crippen molar-refractivity contribution in [2.45, 2.75) is 44.0 Å². The lowest BCUT2D eigenvalue weighted by Gasteiger charge is -2.18. The van der Waals surface area contributed by atoms with Crippen LogP contribution in [-0.2, 0) is 10.0 Å². The van der Waals surface area contributed by atoms with Crippen LogP contribution >= 0.6 is 11.6 Å². The van der Waals surface area contributed by atoms with Crippen LogP contribution in [0.5, 0.6) is 0 Å². The number of primary sulfonamides is 1. The van der Waals surface area contributed by atoms with Gasteiger partial charge in [-0.1, -0.05) is 25.4 Å². The van der Waals surface area contributed by atoms with Gasteiger partial charge in [-0.2, -0.15) is 0 Å². The molecule has 1 fully saturated rings. The molecule has 21 heavy (non-hydrogen) atoms. The van der Waals surface area contributed by atoms with Gasteiger partial charge in [-0.05, 0) is 42.9 Å². The molecule has 116 valence electrons. The Labute approximate surface area is 129 Å². The van der Waals surface area contributed by atoms with Crippen molar-refractivity contribution >= 4 is 27.5 Å². The molecule has 1 aliphatic rings. The molecule has 1 aliphatic carbocycles. The van der Waals surface area contributed by atoms with Crippen LogP contribution in [0.15, 0.2) is 23.1 Å². The predicted octanol–water partition coefficient (Wildman–Crippen LogP) is 2.30. The van der Waals surface area contributed by atoms with Gasteiger partial charge in [0.25, 0.3) is 5.91 Å². The van der Waals surface area contributed by atoms with Gasteiger partial charge >= 0.3 is 0 Å². The summed E-state index contributed by atoms with van der Waals surface area (Å²) in [4.78, 5) is 12.2. The number of hydrogen-bond donors (Lipinski definition) is 2. The van der Waals surface area contributed by atoms with Crippen LogP contribution in [0.4, 0.5) is 0 Å². The fourth-order valence-electron chi connectivity index (χ4n) is 2.68. The van der Waals surface area contributed by atoms with Crippen molar-refractivity contribution in [2.24, 2.45) is 10.6 Å². The second-order valence-corrected chi connectivity index (χ2v) is 8.23. The SMILES string of the molecule is CC1(C)CCC(NC(=O)c2cc(S(N)(=O)=O)ccc2Cl)C1. The van der Waals surface area contributed by atoms with E-state index in [4.69, 9.17) is 16.7 Å². The number of rotatable bonds is 3. The molecule has 0 spiro atoms. The molecule has 1 saturated carbocycles. The number of carbonyl (C=O) groups is 1. The Balaban J connectivity index is 2.20. The summed E-state index contributed by atoms with van der Waals surface area (Å²) in [5.41, 5.74) is 0.345. The highest BCUT2D eigenvalue weighted by Crippen LogP contribution is 2.37. The van der Waals surface area contributed by atoms with E-state index in [-0.39, 0.29) is 32.8 Å². The van der Waals surface area contributed by atoms with E-state index in [1.165, 1.54) is 18.2 Å². The van der Waals surface area contributed by atoms with Crippen LogP contribution < -0.4 is 10.5 Å². The van der Waals surface area contributed by atoms with Gasteiger partial charge in [-0.25, -0.2) is 13.6 Å². The number of nitrogens with two attached hydrogens (primary N) is 1. The fourth-order valence-corrected chi connectivity index (χ4v) is 3.42. The Kier molecular flexibility index (Phi) is 4.33. The van der Waals surface area contributed by atoms with E-state index in [2.05, 4.69) is 19.2 Å². The highest BCUT2D eigenvalue weighted by Gasteiger charge is 2.32. The number of benzene rings is 1. The molecule has 0 radical (unpaired) electrons. The minimum Gasteiger partial charge on any atom is -0.349 e. The van der Waals surface area contributed by atoms with Gasteiger partial charge < -0.3 is 5.32 Å². The fraction of sp³-hybridized carbons (Fsp3) is 0.500. The number of amides is 1. The number of carbonyl (C=O) groups excluding carboxylic acids is 1. The summed E-state index contributed by atoms with van der Waals surface area (Å²) in [5.74, 6) is -0.367. The van der Waals surface area contributed by atoms with Crippen molar-refractivity contribution in [2.75, 3.05) is 0 Å². The molecule has 0 aliphatic heterocycles. The lowest BCUT2D eigenvalue weighted by Crippen LogP contribution is -2.33. The van der Waals surface area contributed by atoms with E-state index in [0.717, 1.165) is 19.3 Å². The zero-order chi connectivity index (χ0) is 15.8. The zero-order valence-corrected chi connectivity index (χ0v) is 13.6. The van der Waals surface area contributed by atoms with E-state index in [0.29, 0.717) is 0 Å². The van der Waals surface area contributed by atoms with Crippen molar-refractivity contribution in [3.63, 3.8) is 0 Å². The molecule has 0 saturated heterocycles. The van der Waals surface area contributed by atoms with Gasteiger partial charge in [0, 0.05) is 6.04 Å². The Hall–Kier alpha value is -1.11. The molecule has 1 aromatic rings. The highest BCUT2D eigenvalue weighted by molar-refractivity contribution is 7.89. The van der Waals surface area contributed by atoms with Gasteiger partial charge in [0.1, 0.15) is 0 Å². The van der Waals surface area contributed by atoms with Crippen LogP contribution in [0.25, 0.3) is 0 Å². The first-order valence-electron chi connectivity index (χ1n) is 6.72. The molecule has 3 N–H and O–H groups in total. The second-order valence-electron chi connectivity index (χ2n) is 6.26. The summed E-state index contributed by atoms with van der Waals surface area (Å²) in [6.45, 7) is 4.32. The lowest BCUT2D eigenvalue weighted by molar-refractivity contribution is 0.0936. The number of sulfonamides is 1. The van der Waals surface area contributed by atoms with Crippen molar-refractivity contribution in [3.05, 3.63) is 28.8 Å². The summed E-state index contributed by atoms with van der Waals surface area (Å²) < 4.78 is 22.7. The molecular formula is C14H19ClN2O3S. The third-order valence-electron chi connectivity index (χ3n) is 3.81. The lowest BCUT2D eigenvalue weighted by atomic mass is 9.92. The van der Waals surface area contributed by atoms with Gasteiger partial charge in [0.05, 0.1) is 15.5 Å². The van der Waals surface area contributed by atoms with Gasteiger partial charge in [0.15, 0.2) is 0 Å². The average Bonchev–Trinajstić information content (AvgIpc) is 2.67. The average molecular weight is 331 g/mol. The van der Waals surface area contributed by atoms with Gasteiger partial charge in [-0.15, -0.1) is 0 Å². The van der Waals surface area contributed by atoms with E-state index >= 15 is 0 Å². The standard InChI is InChI=1S/C14H19ClN2O3S/c1-14(2)6-5-9(8-14)17-13(18)11-7-10(21(16,19)20)3-4-12(11)15/h3-4,7,9H,5-6,8H2,1-2H3,(H,17,18)(H2,16,19,20). The molecule has 1 atom stereocenters. The van der Waals surface area contributed by atoms with Crippen LogP contribution in [-0.4, -0.2) is 20.4 Å². The smallest absolute Gasteiger partial charge is 0.253 e. The molecule has 0 heterocycles. The molecule has 5 nitrogen and oxygen atoms in total. The van der Waals surface area contributed by atoms with Crippen molar-refractivity contribution < 1.29 is 13.2 Å². The molecule has 0 aromatic heterocycles. The summed E-state index contributed by atoms with van der Waals surface area (Å²) >= 11 is 5.99. The van der Waals surface area contributed by atoms with Crippen molar-refractivity contribution in [1.29, 1.82) is 0 Å². The van der Waals surface area contributed by atoms with Gasteiger partial charge in [0.2, 0.25) is 10.0 Å².